The van der Waals surface area contributed by atoms with Crippen LogP contribution >= 0.6 is 0 Å². The molecule has 1 fully saturated rings. The number of hydrogen-bond acceptors (Lipinski definition) is 6. The summed E-state index contributed by atoms with van der Waals surface area (Å²) >= 11 is 0. The molecule has 2 amide bonds. The first-order chi connectivity index (χ1) is 11.5. The van der Waals surface area contributed by atoms with Crippen molar-refractivity contribution in [2.45, 2.75) is 31.7 Å². The lowest BCUT2D eigenvalue weighted by atomic mass is 9.97. The summed E-state index contributed by atoms with van der Waals surface area (Å²) in [5.41, 5.74) is 0. The second-order valence-electron chi connectivity index (χ2n) is 5.75. The van der Waals surface area contributed by atoms with Crippen LogP contribution in [0.15, 0.2) is 32.0 Å². The molecule has 9 nitrogen and oxygen atoms in total. The van der Waals surface area contributed by atoms with Gasteiger partial charge in [-0.3, -0.25) is 9.59 Å². The van der Waals surface area contributed by atoms with Gasteiger partial charge in [0.2, 0.25) is 11.8 Å². The van der Waals surface area contributed by atoms with E-state index in [1.807, 2.05) is 0 Å². The van der Waals surface area contributed by atoms with Crippen LogP contribution < -0.4 is 11.1 Å². The van der Waals surface area contributed by atoms with Crippen LogP contribution in [0, 0.1) is 0 Å². The molecule has 128 valence electrons. The highest BCUT2D eigenvalue weighted by molar-refractivity contribution is 5.95. The zero-order chi connectivity index (χ0) is 17.1. The maximum atomic E-state index is 12.5. The van der Waals surface area contributed by atoms with Crippen LogP contribution in [0.2, 0.25) is 0 Å². The lowest BCUT2D eigenvalue weighted by Crippen LogP contribution is -2.49. The molecule has 0 spiro atoms. The monoisotopic (exact) mass is 334 g/mol. The lowest BCUT2D eigenvalue weighted by Gasteiger charge is -2.32. The summed E-state index contributed by atoms with van der Waals surface area (Å²) in [6.45, 7) is 2.61. The number of aromatic nitrogens is 2. The quantitative estimate of drug-likeness (QED) is 0.839. The number of carbonyl (C=O) groups excluding carboxylic acids is 2. The van der Waals surface area contributed by atoms with E-state index in [1.54, 1.807) is 17.9 Å². The molecule has 2 unspecified atom stereocenters. The van der Waals surface area contributed by atoms with Gasteiger partial charge in [0.1, 0.15) is 6.04 Å². The molecular formula is C15H18N4O5. The number of nitrogens with one attached hydrogen (secondary N) is 2. The first kappa shape index (κ1) is 16.0. The second-order valence-corrected chi connectivity index (χ2v) is 5.75. The molecule has 0 radical (unpaired) electrons. The maximum Gasteiger partial charge on any atom is 0.434 e. The van der Waals surface area contributed by atoms with Crippen molar-refractivity contribution in [3.05, 3.63) is 40.6 Å². The maximum absolute atomic E-state index is 12.5. The number of rotatable bonds is 4. The molecule has 3 rings (SSSR count). The Morgan fingerprint density at radius 1 is 1.50 bits per heavy atom. The Bertz CT molecular complexity index is 763. The van der Waals surface area contributed by atoms with Crippen molar-refractivity contribution >= 4 is 11.8 Å². The summed E-state index contributed by atoms with van der Waals surface area (Å²) < 4.78 is 9.99. The zero-order valence-electron chi connectivity index (χ0n) is 13.2. The van der Waals surface area contributed by atoms with Gasteiger partial charge in [0.15, 0.2) is 5.76 Å². The fourth-order valence-electron chi connectivity index (χ4n) is 2.81. The van der Waals surface area contributed by atoms with Crippen molar-refractivity contribution in [1.29, 1.82) is 0 Å². The van der Waals surface area contributed by atoms with Gasteiger partial charge in [0, 0.05) is 13.1 Å². The molecule has 9 heteroatoms. The van der Waals surface area contributed by atoms with Crippen molar-refractivity contribution < 1.29 is 18.4 Å². The van der Waals surface area contributed by atoms with Crippen LogP contribution in [-0.4, -0.2) is 46.0 Å². The van der Waals surface area contributed by atoms with Crippen molar-refractivity contribution in [1.82, 2.24) is 20.4 Å². The van der Waals surface area contributed by atoms with Gasteiger partial charge < -0.3 is 19.1 Å². The van der Waals surface area contributed by atoms with Gasteiger partial charge in [-0.1, -0.05) is 0 Å². The highest BCUT2D eigenvalue weighted by Crippen LogP contribution is 2.25. The number of aromatic amines is 1. The van der Waals surface area contributed by atoms with Crippen LogP contribution in [0.4, 0.5) is 0 Å². The Morgan fingerprint density at radius 2 is 2.33 bits per heavy atom. The highest BCUT2D eigenvalue weighted by atomic mass is 16.4. The summed E-state index contributed by atoms with van der Waals surface area (Å²) in [6, 6.07) is 2.45. The van der Waals surface area contributed by atoms with Gasteiger partial charge in [0.05, 0.1) is 12.2 Å². The van der Waals surface area contributed by atoms with Gasteiger partial charge in [-0.25, -0.2) is 9.89 Å². The predicted molar refractivity (Wildman–Crippen MR) is 81.3 cm³/mol. The smallest absolute Gasteiger partial charge is 0.434 e. The number of carbonyl (C=O) groups is 2. The number of furan rings is 1. The Kier molecular flexibility index (Phi) is 4.50. The number of nitrogens with zero attached hydrogens (tertiary/aromatic N) is 2. The number of amides is 2. The third-order valence-corrected chi connectivity index (χ3v) is 4.00. The summed E-state index contributed by atoms with van der Waals surface area (Å²) in [5, 5.41) is 8.69. The average molecular weight is 334 g/mol. The minimum atomic E-state index is -0.687. The van der Waals surface area contributed by atoms with Crippen molar-refractivity contribution in [2.75, 3.05) is 13.1 Å². The lowest BCUT2D eigenvalue weighted by molar-refractivity contribution is -0.134. The predicted octanol–water partition coefficient (Wildman–Crippen LogP) is 0.480. The molecule has 0 saturated carbocycles. The minimum absolute atomic E-state index is 0.130. The Labute approximate surface area is 137 Å². The van der Waals surface area contributed by atoms with E-state index in [2.05, 4.69) is 15.5 Å². The van der Waals surface area contributed by atoms with Crippen LogP contribution in [-0.2, 0) is 4.79 Å². The molecule has 3 heterocycles. The van der Waals surface area contributed by atoms with Crippen molar-refractivity contribution in [2.24, 2.45) is 0 Å². The van der Waals surface area contributed by atoms with E-state index < -0.39 is 17.7 Å². The fraction of sp³-hybridized carbons (Fsp3) is 0.467. The van der Waals surface area contributed by atoms with Crippen LogP contribution in [0.5, 0.6) is 0 Å². The first-order valence-corrected chi connectivity index (χ1v) is 7.73. The Morgan fingerprint density at radius 3 is 3.00 bits per heavy atom. The minimum Gasteiger partial charge on any atom is -0.459 e. The van der Waals surface area contributed by atoms with Gasteiger partial charge >= 0.3 is 5.76 Å². The molecule has 1 aliphatic heterocycles. The number of likely N-dealkylation sites (tertiary alicyclic amines) is 1. The summed E-state index contributed by atoms with van der Waals surface area (Å²) in [7, 11) is 0. The largest absolute Gasteiger partial charge is 0.459 e. The van der Waals surface area contributed by atoms with Crippen LogP contribution in [0.3, 0.4) is 0 Å². The van der Waals surface area contributed by atoms with E-state index in [1.165, 1.54) is 12.3 Å². The molecule has 0 aliphatic carbocycles. The topological polar surface area (TPSA) is 121 Å². The molecule has 2 atom stereocenters. The molecule has 0 aromatic carbocycles. The standard InChI is InChI=1S/C15H18N4O5/c1-9(16-12(20)11-5-3-7-23-11)14(21)19-6-2-4-10(8-19)13-17-18-15(22)24-13/h3,5,7,9-10H,2,4,6,8H2,1H3,(H,16,20)(H,18,22). The van der Waals surface area contributed by atoms with Gasteiger partial charge in [-0.15, -0.1) is 5.10 Å². The van der Waals surface area contributed by atoms with E-state index in [4.69, 9.17) is 8.83 Å². The number of hydrogen-bond donors (Lipinski definition) is 2. The van der Waals surface area contributed by atoms with Crippen molar-refractivity contribution in [3.8, 4) is 0 Å². The van der Waals surface area contributed by atoms with E-state index in [9.17, 15) is 14.4 Å². The fourth-order valence-corrected chi connectivity index (χ4v) is 2.81. The number of H-pyrrole nitrogens is 1. The molecule has 1 aliphatic rings. The molecule has 1 saturated heterocycles. The van der Waals surface area contributed by atoms with Crippen molar-refractivity contribution in [3.63, 3.8) is 0 Å². The number of piperidine rings is 1. The van der Waals surface area contributed by atoms with E-state index in [-0.39, 0.29) is 17.6 Å². The molecule has 2 N–H and O–H groups in total. The second kappa shape index (κ2) is 6.73. The third-order valence-electron chi connectivity index (χ3n) is 4.00. The average Bonchev–Trinajstić information content (AvgIpc) is 3.25. The third kappa shape index (κ3) is 3.39. The molecule has 0 bridgehead atoms. The first-order valence-electron chi connectivity index (χ1n) is 7.73. The molecule has 2 aromatic rings. The Balaban J connectivity index is 1.61. The highest BCUT2D eigenvalue weighted by Gasteiger charge is 2.30. The van der Waals surface area contributed by atoms with E-state index >= 15 is 0 Å². The van der Waals surface area contributed by atoms with Crippen LogP contribution in [0.25, 0.3) is 0 Å². The van der Waals surface area contributed by atoms with Gasteiger partial charge in [0.25, 0.3) is 5.91 Å². The normalized spacial score (nSPS) is 19.0. The summed E-state index contributed by atoms with van der Waals surface area (Å²) in [4.78, 5) is 37.2. The SMILES string of the molecule is CC(NC(=O)c1ccco1)C(=O)N1CCCC(c2n[nH]c(=O)o2)C1. The zero-order valence-corrected chi connectivity index (χ0v) is 13.2. The summed E-state index contributed by atoms with van der Waals surface area (Å²) in [6.07, 6.45) is 2.95. The molecule has 2 aromatic heterocycles. The Hall–Kier alpha value is -2.84. The van der Waals surface area contributed by atoms with E-state index in [0.29, 0.717) is 19.0 Å². The van der Waals surface area contributed by atoms with Crippen LogP contribution in [0.1, 0.15) is 42.1 Å². The molecular weight excluding hydrogens is 316 g/mol. The van der Waals surface area contributed by atoms with Gasteiger partial charge in [-0.2, -0.15) is 0 Å². The molecule has 24 heavy (non-hydrogen) atoms. The van der Waals surface area contributed by atoms with Gasteiger partial charge in [-0.05, 0) is 31.9 Å². The summed E-state index contributed by atoms with van der Waals surface area (Å²) in [5.74, 6) is -0.901. The van der Waals surface area contributed by atoms with E-state index in [0.717, 1.165) is 12.8 Å².